The molecule has 4 rings (SSSR count). The molecular formula is C17H17ClN6. The van der Waals surface area contributed by atoms with E-state index >= 15 is 0 Å². The molecule has 1 aromatic carbocycles. The van der Waals surface area contributed by atoms with Crippen LogP contribution in [-0.4, -0.2) is 38.2 Å². The number of anilines is 1. The Morgan fingerprint density at radius 3 is 2.67 bits per heavy atom. The Morgan fingerprint density at radius 2 is 1.92 bits per heavy atom. The lowest BCUT2D eigenvalue weighted by atomic mass is 9.96. The SMILES string of the molecule is Clc1cncnc1N1CCC(c2nc(-c3ccccc3)n[nH]2)CC1. The number of hydrogen-bond acceptors (Lipinski definition) is 5. The van der Waals surface area contributed by atoms with Gasteiger partial charge in [0.05, 0.1) is 6.20 Å². The van der Waals surface area contributed by atoms with Crippen molar-refractivity contribution in [1.82, 2.24) is 25.1 Å². The highest BCUT2D eigenvalue weighted by atomic mass is 35.5. The highest BCUT2D eigenvalue weighted by molar-refractivity contribution is 6.32. The van der Waals surface area contributed by atoms with Gasteiger partial charge in [-0.05, 0) is 12.8 Å². The monoisotopic (exact) mass is 340 g/mol. The van der Waals surface area contributed by atoms with Gasteiger partial charge in [-0.1, -0.05) is 41.9 Å². The van der Waals surface area contributed by atoms with E-state index in [9.17, 15) is 0 Å². The summed E-state index contributed by atoms with van der Waals surface area (Å²) >= 11 is 6.19. The van der Waals surface area contributed by atoms with E-state index < -0.39 is 0 Å². The van der Waals surface area contributed by atoms with Gasteiger partial charge in [-0.15, -0.1) is 0 Å². The third-order valence-electron chi connectivity index (χ3n) is 4.36. The van der Waals surface area contributed by atoms with Crippen molar-refractivity contribution >= 4 is 17.4 Å². The molecule has 0 bridgehead atoms. The summed E-state index contributed by atoms with van der Waals surface area (Å²) in [5.74, 6) is 2.91. The van der Waals surface area contributed by atoms with Crippen LogP contribution in [0.4, 0.5) is 5.82 Å². The van der Waals surface area contributed by atoms with Crippen molar-refractivity contribution in [3.05, 3.63) is 53.7 Å². The molecular weight excluding hydrogens is 324 g/mol. The van der Waals surface area contributed by atoms with Crippen LogP contribution < -0.4 is 4.90 Å². The fourth-order valence-electron chi connectivity index (χ4n) is 3.08. The first-order valence-corrected chi connectivity index (χ1v) is 8.37. The Balaban J connectivity index is 1.45. The maximum Gasteiger partial charge on any atom is 0.181 e. The average Bonchev–Trinajstić information content (AvgIpc) is 3.13. The molecule has 1 aliphatic rings. The van der Waals surface area contributed by atoms with Crippen LogP contribution in [0.2, 0.25) is 5.02 Å². The first kappa shape index (κ1) is 15.1. The van der Waals surface area contributed by atoms with Gasteiger partial charge in [-0.3, -0.25) is 5.10 Å². The van der Waals surface area contributed by atoms with Crippen LogP contribution in [0.15, 0.2) is 42.9 Å². The Hall–Kier alpha value is -2.47. The molecule has 3 aromatic rings. The van der Waals surface area contributed by atoms with Crippen molar-refractivity contribution in [2.24, 2.45) is 0 Å². The third-order valence-corrected chi connectivity index (χ3v) is 4.63. The van der Waals surface area contributed by atoms with Crippen molar-refractivity contribution in [1.29, 1.82) is 0 Å². The summed E-state index contributed by atoms with van der Waals surface area (Å²) in [7, 11) is 0. The fourth-order valence-corrected chi connectivity index (χ4v) is 3.30. The smallest absolute Gasteiger partial charge is 0.181 e. The number of H-pyrrole nitrogens is 1. The molecule has 1 N–H and O–H groups in total. The summed E-state index contributed by atoms with van der Waals surface area (Å²) in [6.07, 6.45) is 5.15. The highest BCUT2D eigenvalue weighted by Crippen LogP contribution is 2.31. The van der Waals surface area contributed by atoms with Gasteiger partial charge in [0.25, 0.3) is 0 Å². The largest absolute Gasteiger partial charge is 0.355 e. The summed E-state index contributed by atoms with van der Waals surface area (Å²) in [5, 5.41) is 8.07. The molecule has 1 fully saturated rings. The van der Waals surface area contributed by atoms with Crippen molar-refractivity contribution in [2.45, 2.75) is 18.8 Å². The van der Waals surface area contributed by atoms with Gasteiger partial charge in [0.1, 0.15) is 17.2 Å². The molecule has 24 heavy (non-hydrogen) atoms. The first-order valence-electron chi connectivity index (χ1n) is 7.99. The van der Waals surface area contributed by atoms with E-state index in [1.165, 1.54) is 6.33 Å². The number of hydrogen-bond donors (Lipinski definition) is 1. The van der Waals surface area contributed by atoms with Gasteiger partial charge in [0.15, 0.2) is 11.6 Å². The second-order valence-corrected chi connectivity index (χ2v) is 6.27. The van der Waals surface area contributed by atoms with Gasteiger partial charge in [0, 0.05) is 24.6 Å². The molecule has 3 heterocycles. The van der Waals surface area contributed by atoms with Gasteiger partial charge in [-0.25, -0.2) is 15.0 Å². The molecule has 0 unspecified atom stereocenters. The van der Waals surface area contributed by atoms with Crippen LogP contribution in [0.5, 0.6) is 0 Å². The Morgan fingerprint density at radius 1 is 1.12 bits per heavy atom. The predicted octanol–water partition coefficient (Wildman–Crippen LogP) is 3.30. The van der Waals surface area contributed by atoms with E-state index in [1.807, 2.05) is 30.3 Å². The second-order valence-electron chi connectivity index (χ2n) is 5.87. The molecule has 0 atom stereocenters. The van der Waals surface area contributed by atoms with Crippen LogP contribution >= 0.6 is 11.6 Å². The van der Waals surface area contributed by atoms with Gasteiger partial charge in [-0.2, -0.15) is 5.10 Å². The number of nitrogens with one attached hydrogen (secondary N) is 1. The van der Waals surface area contributed by atoms with E-state index in [-0.39, 0.29) is 0 Å². The van der Waals surface area contributed by atoms with Crippen LogP contribution in [-0.2, 0) is 0 Å². The molecule has 0 amide bonds. The van der Waals surface area contributed by atoms with E-state index in [0.29, 0.717) is 10.9 Å². The van der Waals surface area contributed by atoms with Gasteiger partial charge >= 0.3 is 0 Å². The molecule has 0 aliphatic carbocycles. The van der Waals surface area contributed by atoms with Crippen molar-refractivity contribution in [3.63, 3.8) is 0 Å². The average molecular weight is 341 g/mol. The summed E-state index contributed by atoms with van der Waals surface area (Å²) in [4.78, 5) is 15.1. The summed E-state index contributed by atoms with van der Waals surface area (Å²) in [5.41, 5.74) is 1.03. The van der Waals surface area contributed by atoms with Crippen LogP contribution in [0.1, 0.15) is 24.6 Å². The van der Waals surface area contributed by atoms with E-state index in [1.54, 1.807) is 6.20 Å². The zero-order valence-electron chi connectivity index (χ0n) is 13.1. The molecule has 7 heteroatoms. The quantitative estimate of drug-likeness (QED) is 0.792. The first-order chi connectivity index (χ1) is 11.8. The summed E-state index contributed by atoms with van der Waals surface area (Å²) < 4.78 is 0. The number of halogens is 1. The number of aromatic nitrogens is 5. The van der Waals surface area contributed by atoms with E-state index in [0.717, 1.165) is 49.0 Å². The van der Waals surface area contributed by atoms with Gasteiger partial charge < -0.3 is 4.90 Å². The predicted molar refractivity (Wildman–Crippen MR) is 93.0 cm³/mol. The topological polar surface area (TPSA) is 70.6 Å². The third kappa shape index (κ3) is 2.97. The molecule has 1 saturated heterocycles. The Labute approximate surface area is 144 Å². The van der Waals surface area contributed by atoms with Crippen LogP contribution in [0.25, 0.3) is 11.4 Å². The highest BCUT2D eigenvalue weighted by Gasteiger charge is 2.25. The minimum atomic E-state index is 0.381. The second kappa shape index (κ2) is 6.57. The maximum absolute atomic E-state index is 6.19. The minimum absolute atomic E-state index is 0.381. The molecule has 0 spiro atoms. The van der Waals surface area contributed by atoms with Crippen molar-refractivity contribution in [3.8, 4) is 11.4 Å². The van der Waals surface area contributed by atoms with Crippen LogP contribution in [0.3, 0.4) is 0 Å². The number of benzene rings is 1. The molecule has 1 aliphatic heterocycles. The number of rotatable bonds is 3. The van der Waals surface area contributed by atoms with Crippen molar-refractivity contribution < 1.29 is 0 Å². The van der Waals surface area contributed by atoms with E-state index in [2.05, 4.69) is 30.0 Å². The Kier molecular flexibility index (Phi) is 4.13. The van der Waals surface area contributed by atoms with Crippen LogP contribution in [0, 0.1) is 0 Å². The Bertz CT molecular complexity index is 811. The fraction of sp³-hybridized carbons (Fsp3) is 0.294. The zero-order valence-corrected chi connectivity index (χ0v) is 13.8. The summed E-state index contributed by atoms with van der Waals surface area (Å²) in [6.45, 7) is 1.78. The standard InChI is InChI=1S/C17H17ClN6/c18-14-10-19-11-20-17(14)24-8-6-13(7-9-24)16-21-15(22-23-16)12-4-2-1-3-5-12/h1-5,10-11,13H,6-9H2,(H,21,22,23). The summed E-state index contributed by atoms with van der Waals surface area (Å²) in [6, 6.07) is 10.0. The maximum atomic E-state index is 6.19. The molecule has 2 aromatic heterocycles. The lowest BCUT2D eigenvalue weighted by Crippen LogP contribution is -2.34. The molecule has 122 valence electrons. The number of piperidine rings is 1. The normalized spacial score (nSPS) is 15.6. The van der Waals surface area contributed by atoms with E-state index in [4.69, 9.17) is 11.6 Å². The molecule has 0 saturated carbocycles. The lowest BCUT2D eigenvalue weighted by molar-refractivity contribution is 0.484. The molecule has 6 nitrogen and oxygen atoms in total. The van der Waals surface area contributed by atoms with Crippen molar-refractivity contribution in [2.75, 3.05) is 18.0 Å². The number of aromatic amines is 1. The van der Waals surface area contributed by atoms with Gasteiger partial charge in [0.2, 0.25) is 0 Å². The zero-order chi connectivity index (χ0) is 16.4. The molecule has 0 radical (unpaired) electrons. The lowest BCUT2D eigenvalue weighted by Gasteiger charge is -2.32. The number of nitrogens with zero attached hydrogens (tertiary/aromatic N) is 5. The minimum Gasteiger partial charge on any atom is -0.355 e.